The quantitative estimate of drug-likeness (QED) is 0.637. The number of nitrogens with zero attached hydrogens (tertiary/aromatic N) is 1. The van der Waals surface area contributed by atoms with Crippen LogP contribution in [0.3, 0.4) is 0 Å². The van der Waals surface area contributed by atoms with Crippen LogP contribution in [-0.4, -0.2) is 4.98 Å². The topological polar surface area (TPSA) is 50.9 Å². The molecule has 0 amide bonds. The number of anilines is 1. The van der Waals surface area contributed by atoms with Crippen LogP contribution in [0.25, 0.3) is 10.9 Å². The first-order valence-corrected chi connectivity index (χ1v) is 5.83. The van der Waals surface area contributed by atoms with Crippen LogP contribution in [0.2, 0.25) is 5.02 Å². The van der Waals surface area contributed by atoms with E-state index in [1.54, 1.807) is 0 Å². The molecule has 2 aromatic rings. The molecule has 88 valence electrons. The molecule has 3 N–H and O–H groups in total. The normalized spacial score (nSPS) is 15.2. The molecule has 0 saturated heterocycles. The Morgan fingerprint density at radius 1 is 1.35 bits per heavy atom. The Balaban J connectivity index is 2.31. The van der Waals surface area contributed by atoms with Gasteiger partial charge < -0.3 is 5.43 Å². The summed E-state index contributed by atoms with van der Waals surface area (Å²) in [6.07, 6.45) is 2.26. The summed E-state index contributed by atoms with van der Waals surface area (Å²) < 4.78 is 13.3. The van der Waals surface area contributed by atoms with Crippen molar-refractivity contribution < 1.29 is 4.39 Å². The monoisotopic (exact) mass is 251 g/mol. The third-order valence-electron chi connectivity index (χ3n) is 3.00. The number of fused-ring (bicyclic) bond motifs is 1. The molecule has 1 aliphatic carbocycles. The van der Waals surface area contributed by atoms with Crippen molar-refractivity contribution in [2.24, 2.45) is 5.84 Å². The zero-order chi connectivity index (χ0) is 12.0. The van der Waals surface area contributed by atoms with Crippen LogP contribution in [0.15, 0.2) is 18.2 Å². The van der Waals surface area contributed by atoms with Gasteiger partial charge in [0.1, 0.15) is 5.82 Å². The van der Waals surface area contributed by atoms with Crippen molar-refractivity contribution >= 4 is 28.2 Å². The third-order valence-corrected chi connectivity index (χ3v) is 3.29. The van der Waals surface area contributed by atoms with Gasteiger partial charge in [0.2, 0.25) is 0 Å². The number of hydrazine groups is 1. The molecule has 1 heterocycles. The van der Waals surface area contributed by atoms with E-state index in [9.17, 15) is 4.39 Å². The summed E-state index contributed by atoms with van der Waals surface area (Å²) >= 11 is 6.02. The summed E-state index contributed by atoms with van der Waals surface area (Å²) in [5, 5.41) is 0.989. The number of aromatic nitrogens is 1. The Kier molecular flexibility index (Phi) is 2.42. The van der Waals surface area contributed by atoms with Gasteiger partial charge in [0.15, 0.2) is 0 Å². The molecule has 1 aliphatic rings. The summed E-state index contributed by atoms with van der Waals surface area (Å²) in [4.78, 5) is 4.45. The minimum atomic E-state index is -0.383. The number of nitrogens with two attached hydrogens (primary N) is 1. The van der Waals surface area contributed by atoms with Gasteiger partial charge in [0, 0.05) is 23.1 Å². The van der Waals surface area contributed by atoms with Gasteiger partial charge in [-0.05, 0) is 25.0 Å². The number of benzene rings is 1. The Morgan fingerprint density at radius 2 is 2.12 bits per heavy atom. The van der Waals surface area contributed by atoms with Gasteiger partial charge in [0.05, 0.1) is 16.2 Å². The molecular weight excluding hydrogens is 241 g/mol. The summed E-state index contributed by atoms with van der Waals surface area (Å²) in [6, 6.07) is 4.54. The lowest BCUT2D eigenvalue weighted by Gasteiger charge is -2.10. The van der Waals surface area contributed by atoms with Crippen LogP contribution < -0.4 is 11.3 Å². The molecule has 1 aromatic heterocycles. The molecule has 0 unspecified atom stereocenters. The maximum absolute atomic E-state index is 13.3. The van der Waals surface area contributed by atoms with Gasteiger partial charge in [0.25, 0.3) is 0 Å². The molecule has 0 spiro atoms. The third kappa shape index (κ3) is 1.83. The minimum Gasteiger partial charge on any atom is -0.323 e. The summed E-state index contributed by atoms with van der Waals surface area (Å²) in [7, 11) is 0. The average molecular weight is 252 g/mol. The Labute approximate surface area is 103 Å². The van der Waals surface area contributed by atoms with Gasteiger partial charge in [-0.3, -0.25) is 10.8 Å². The molecule has 1 saturated carbocycles. The van der Waals surface area contributed by atoms with E-state index < -0.39 is 0 Å². The Bertz CT molecular complexity index is 596. The zero-order valence-electron chi connectivity index (χ0n) is 9.00. The molecule has 0 atom stereocenters. The zero-order valence-corrected chi connectivity index (χ0v) is 9.76. The lowest BCUT2D eigenvalue weighted by molar-refractivity contribution is 0.629. The number of halogens is 2. The number of pyridine rings is 1. The molecule has 1 fully saturated rings. The molecule has 5 heteroatoms. The molecule has 3 nitrogen and oxygen atoms in total. The van der Waals surface area contributed by atoms with Crippen LogP contribution in [0, 0.1) is 5.82 Å². The van der Waals surface area contributed by atoms with Crippen LogP contribution >= 0.6 is 11.6 Å². The molecule has 0 bridgehead atoms. The van der Waals surface area contributed by atoms with Crippen LogP contribution in [0.5, 0.6) is 0 Å². The number of hydrogen-bond acceptors (Lipinski definition) is 3. The molecule has 3 rings (SSSR count). The van der Waals surface area contributed by atoms with Crippen molar-refractivity contribution in [3.05, 3.63) is 34.7 Å². The highest BCUT2D eigenvalue weighted by molar-refractivity contribution is 6.36. The van der Waals surface area contributed by atoms with Gasteiger partial charge in [-0.1, -0.05) is 11.6 Å². The average Bonchev–Trinajstić information content (AvgIpc) is 3.10. The number of nitrogens with one attached hydrogen (secondary N) is 1. The standard InChI is InChI=1S/C12H11ClFN3/c13-8-3-7(14)4-10-12(8)11(17-15)5-9(16-10)6-1-2-6/h3-6H,1-2,15H2,(H,16,17). The number of rotatable bonds is 2. The van der Waals surface area contributed by atoms with Gasteiger partial charge >= 0.3 is 0 Å². The summed E-state index contributed by atoms with van der Waals surface area (Å²) in [5.74, 6) is 5.58. The number of nitrogen functional groups attached to an aromatic ring is 1. The van der Waals surface area contributed by atoms with Crippen molar-refractivity contribution in [2.75, 3.05) is 5.43 Å². The minimum absolute atomic E-state index is 0.322. The molecule has 1 aromatic carbocycles. The fourth-order valence-electron chi connectivity index (χ4n) is 2.01. The van der Waals surface area contributed by atoms with Crippen molar-refractivity contribution in [1.29, 1.82) is 0 Å². The van der Waals surface area contributed by atoms with Crippen LogP contribution in [0.1, 0.15) is 24.5 Å². The maximum atomic E-state index is 13.3. The van der Waals surface area contributed by atoms with E-state index in [-0.39, 0.29) is 5.82 Å². The number of hydrogen-bond donors (Lipinski definition) is 2. The van der Waals surface area contributed by atoms with Crippen molar-refractivity contribution in [2.45, 2.75) is 18.8 Å². The van der Waals surface area contributed by atoms with E-state index in [1.165, 1.54) is 12.1 Å². The first kappa shape index (κ1) is 10.7. The molecular formula is C12H11ClFN3. The largest absolute Gasteiger partial charge is 0.323 e. The maximum Gasteiger partial charge on any atom is 0.126 e. The van der Waals surface area contributed by atoms with Gasteiger partial charge in [-0.15, -0.1) is 0 Å². The highest BCUT2D eigenvalue weighted by Gasteiger charge is 2.26. The second-order valence-electron chi connectivity index (χ2n) is 4.30. The summed E-state index contributed by atoms with van der Waals surface area (Å²) in [5.41, 5.74) is 4.80. The van der Waals surface area contributed by atoms with E-state index in [4.69, 9.17) is 17.4 Å². The molecule has 0 aliphatic heterocycles. The van der Waals surface area contributed by atoms with Crippen molar-refractivity contribution in [3.8, 4) is 0 Å². The first-order chi connectivity index (χ1) is 8.19. The van der Waals surface area contributed by atoms with E-state index in [1.807, 2.05) is 6.07 Å². The smallest absolute Gasteiger partial charge is 0.126 e. The molecule has 0 radical (unpaired) electrons. The predicted molar refractivity (Wildman–Crippen MR) is 66.5 cm³/mol. The highest BCUT2D eigenvalue weighted by Crippen LogP contribution is 2.42. The molecule has 17 heavy (non-hydrogen) atoms. The first-order valence-electron chi connectivity index (χ1n) is 5.45. The van der Waals surface area contributed by atoms with Crippen molar-refractivity contribution in [1.82, 2.24) is 4.98 Å². The Hall–Kier alpha value is -1.39. The van der Waals surface area contributed by atoms with E-state index in [0.29, 0.717) is 27.5 Å². The second kappa shape index (κ2) is 3.82. The predicted octanol–water partition coefficient (Wildman–Crippen LogP) is 3.19. The van der Waals surface area contributed by atoms with E-state index >= 15 is 0 Å². The van der Waals surface area contributed by atoms with Crippen LogP contribution in [-0.2, 0) is 0 Å². The van der Waals surface area contributed by atoms with Crippen molar-refractivity contribution in [3.63, 3.8) is 0 Å². The second-order valence-corrected chi connectivity index (χ2v) is 4.70. The van der Waals surface area contributed by atoms with Gasteiger partial charge in [-0.25, -0.2) is 4.39 Å². The lowest BCUT2D eigenvalue weighted by Crippen LogP contribution is -2.08. The van der Waals surface area contributed by atoms with E-state index in [0.717, 1.165) is 18.5 Å². The Morgan fingerprint density at radius 3 is 2.76 bits per heavy atom. The summed E-state index contributed by atoms with van der Waals surface area (Å²) in [6.45, 7) is 0. The van der Waals surface area contributed by atoms with Crippen LogP contribution in [0.4, 0.5) is 10.1 Å². The SMILES string of the molecule is NNc1cc(C2CC2)nc2cc(F)cc(Cl)c12. The fourth-order valence-corrected chi connectivity index (χ4v) is 2.31. The fraction of sp³-hybridized carbons (Fsp3) is 0.250. The van der Waals surface area contributed by atoms with Gasteiger partial charge in [-0.2, -0.15) is 0 Å². The highest BCUT2D eigenvalue weighted by atomic mass is 35.5. The lowest BCUT2D eigenvalue weighted by atomic mass is 10.1. The van der Waals surface area contributed by atoms with E-state index in [2.05, 4.69) is 10.4 Å².